The maximum atomic E-state index is 11.6. The summed E-state index contributed by atoms with van der Waals surface area (Å²) < 4.78 is 22.2. The smallest absolute Gasteiger partial charge is 0.440 e. The lowest BCUT2D eigenvalue weighted by atomic mass is 10.0. The van der Waals surface area contributed by atoms with Gasteiger partial charge in [-0.3, -0.25) is 9.78 Å². The van der Waals surface area contributed by atoms with Gasteiger partial charge in [0.1, 0.15) is 31.3 Å². The van der Waals surface area contributed by atoms with Crippen LogP contribution in [0.25, 0.3) is 11.3 Å². The molecule has 2 heterocycles. The fraction of sp³-hybridized carbons (Fsp3) is 0.231. The van der Waals surface area contributed by atoms with Gasteiger partial charge >= 0.3 is 17.4 Å². The number of H-pyrrole nitrogens is 1. The van der Waals surface area contributed by atoms with Crippen LogP contribution < -0.4 is 20.9 Å². The van der Waals surface area contributed by atoms with E-state index in [0.717, 1.165) is 32.7 Å². The molecule has 0 radical (unpaired) electrons. The Morgan fingerprint density at radius 1 is 0.973 bits per heavy atom. The average Bonchev–Trinajstić information content (AvgIpc) is 3.17. The molecule has 2 aromatic carbocycles. The van der Waals surface area contributed by atoms with Crippen molar-refractivity contribution in [3.8, 4) is 22.8 Å². The molecule has 0 unspecified atom stereocenters. The van der Waals surface area contributed by atoms with Crippen LogP contribution in [0.3, 0.4) is 0 Å². The van der Waals surface area contributed by atoms with Gasteiger partial charge in [0.2, 0.25) is 0 Å². The average molecular weight is 528 g/mol. The predicted molar refractivity (Wildman–Crippen MR) is 137 cm³/mol. The van der Waals surface area contributed by atoms with Gasteiger partial charge in [-0.25, -0.2) is 14.6 Å². The highest BCUT2D eigenvalue weighted by Crippen LogP contribution is 2.26. The first kappa shape index (κ1) is 27.3. The van der Waals surface area contributed by atoms with E-state index in [4.69, 9.17) is 18.7 Å². The lowest BCUT2D eigenvalue weighted by molar-refractivity contribution is -0.141. The highest BCUT2D eigenvalue weighted by atomic mass is 35.5. The second-order valence-electron chi connectivity index (χ2n) is 7.99. The Morgan fingerprint density at radius 2 is 1.73 bits per heavy atom. The Balaban J connectivity index is 0.00000380. The number of carbonyl (C=O) groups is 1. The largest absolute Gasteiger partial charge is 0.490 e. The van der Waals surface area contributed by atoms with Crippen molar-refractivity contribution in [1.29, 1.82) is 0 Å². The number of hydrogen-bond acceptors (Lipinski definition) is 8. The number of aryl methyl sites for hydroxylation is 1. The number of aromatic amines is 1. The lowest BCUT2D eigenvalue weighted by Gasteiger charge is -2.11. The molecule has 0 atom stereocenters. The van der Waals surface area contributed by atoms with Gasteiger partial charge < -0.3 is 18.7 Å². The molecule has 0 saturated carbocycles. The van der Waals surface area contributed by atoms with Gasteiger partial charge in [0.25, 0.3) is 0 Å². The maximum Gasteiger partial charge on any atom is 0.440 e. The molecule has 0 aliphatic carbocycles. The third kappa shape index (κ3) is 7.58. The molecule has 194 valence electrons. The Hall–Kier alpha value is -4.31. The summed E-state index contributed by atoms with van der Waals surface area (Å²) >= 11 is 0. The van der Waals surface area contributed by atoms with Crippen LogP contribution in [0, 0.1) is 6.92 Å². The molecule has 0 fully saturated rings. The van der Waals surface area contributed by atoms with Gasteiger partial charge in [0, 0.05) is 18.7 Å². The third-order valence-electron chi connectivity index (χ3n) is 5.24. The van der Waals surface area contributed by atoms with Gasteiger partial charge in [-0.1, -0.05) is 12.1 Å². The van der Waals surface area contributed by atoms with E-state index in [2.05, 4.69) is 4.98 Å². The first-order valence-corrected chi connectivity index (χ1v) is 11.2. The summed E-state index contributed by atoms with van der Waals surface area (Å²) in [5.41, 5.74) is 3.93. The number of rotatable bonds is 10. The molecular formula is C26H26ClN3O7. The van der Waals surface area contributed by atoms with Crippen LogP contribution >= 0.6 is 12.4 Å². The number of nitrogens with one attached hydrogen (secondary N) is 1. The van der Waals surface area contributed by atoms with E-state index >= 15 is 0 Å². The van der Waals surface area contributed by atoms with Crippen molar-refractivity contribution in [1.82, 2.24) is 14.7 Å². The van der Waals surface area contributed by atoms with Gasteiger partial charge in [0.15, 0.2) is 0 Å². The molecule has 0 bridgehead atoms. The standard InChI is InChI=1S/C26H25N3O7.ClH/c1-17-13-22(34-12-11-33-18(2)30)7-8-23(17)24-14-20(9-10-27-24)16-35-21-5-3-19(4-6-21)15-29-25(31)28-26(32)36-29;/h3-10,13-14H,11-12,15-16H2,1-2H3,(H,28,31,32);1H. The normalized spacial score (nSPS) is 10.4. The van der Waals surface area contributed by atoms with Crippen molar-refractivity contribution in [3.05, 3.63) is 98.5 Å². The zero-order valence-electron chi connectivity index (χ0n) is 20.3. The van der Waals surface area contributed by atoms with Crippen molar-refractivity contribution in [2.45, 2.75) is 27.0 Å². The first-order valence-electron chi connectivity index (χ1n) is 11.2. The summed E-state index contributed by atoms with van der Waals surface area (Å²) in [6.45, 7) is 4.31. The number of nitrogens with zero attached hydrogens (tertiary/aromatic N) is 2. The van der Waals surface area contributed by atoms with E-state index in [1.54, 1.807) is 30.5 Å². The molecule has 37 heavy (non-hydrogen) atoms. The number of ether oxygens (including phenoxy) is 3. The quantitative estimate of drug-likeness (QED) is 0.245. The summed E-state index contributed by atoms with van der Waals surface area (Å²) in [6.07, 6.45) is 1.74. The molecule has 0 aliphatic heterocycles. The van der Waals surface area contributed by atoms with Crippen LogP contribution in [0.2, 0.25) is 0 Å². The Kier molecular flexibility index (Phi) is 9.28. The number of halogens is 1. The summed E-state index contributed by atoms with van der Waals surface area (Å²) in [4.78, 5) is 40.1. The third-order valence-corrected chi connectivity index (χ3v) is 5.24. The summed E-state index contributed by atoms with van der Waals surface area (Å²) in [5.74, 6) is 0.229. The molecule has 4 rings (SSSR count). The Labute approximate surface area is 218 Å². The molecule has 4 aromatic rings. The second kappa shape index (κ2) is 12.6. The van der Waals surface area contributed by atoms with Crippen LogP contribution in [-0.2, 0) is 22.7 Å². The van der Waals surface area contributed by atoms with Crippen LogP contribution in [-0.4, -0.2) is 33.9 Å². The second-order valence-corrected chi connectivity index (χ2v) is 7.99. The maximum absolute atomic E-state index is 11.6. The van der Waals surface area contributed by atoms with Crippen molar-refractivity contribution in [3.63, 3.8) is 0 Å². The van der Waals surface area contributed by atoms with E-state index in [1.165, 1.54) is 6.92 Å². The lowest BCUT2D eigenvalue weighted by Crippen LogP contribution is -2.17. The zero-order chi connectivity index (χ0) is 25.5. The van der Waals surface area contributed by atoms with Crippen molar-refractivity contribution in [2.75, 3.05) is 13.2 Å². The highest BCUT2D eigenvalue weighted by molar-refractivity contribution is 5.85. The van der Waals surface area contributed by atoms with Gasteiger partial charge in [-0.05, 0) is 66.1 Å². The number of esters is 1. The molecule has 0 aliphatic rings. The van der Waals surface area contributed by atoms with Gasteiger partial charge in [0.05, 0.1) is 12.2 Å². The first-order chi connectivity index (χ1) is 17.4. The molecule has 1 N–H and O–H groups in total. The van der Waals surface area contributed by atoms with E-state index in [-0.39, 0.29) is 38.1 Å². The minimum absolute atomic E-state index is 0. The Bertz CT molecular complexity index is 1460. The predicted octanol–water partition coefficient (Wildman–Crippen LogP) is 3.49. The molecule has 2 aromatic heterocycles. The van der Waals surface area contributed by atoms with Crippen LogP contribution in [0.1, 0.15) is 23.6 Å². The Morgan fingerprint density at radius 3 is 2.41 bits per heavy atom. The number of pyridine rings is 1. The molecule has 10 nitrogen and oxygen atoms in total. The van der Waals surface area contributed by atoms with E-state index in [9.17, 15) is 14.4 Å². The fourth-order valence-electron chi connectivity index (χ4n) is 3.51. The number of aromatic nitrogens is 3. The van der Waals surface area contributed by atoms with Crippen LogP contribution in [0.4, 0.5) is 0 Å². The van der Waals surface area contributed by atoms with Crippen LogP contribution in [0.5, 0.6) is 11.5 Å². The number of benzene rings is 2. The molecular weight excluding hydrogens is 502 g/mol. The molecule has 0 spiro atoms. The van der Waals surface area contributed by atoms with Crippen molar-refractivity contribution < 1.29 is 23.5 Å². The van der Waals surface area contributed by atoms with Crippen molar-refractivity contribution >= 4 is 18.4 Å². The van der Waals surface area contributed by atoms with Gasteiger partial charge in [-0.15, -0.1) is 17.1 Å². The zero-order valence-corrected chi connectivity index (χ0v) is 21.1. The molecule has 11 heteroatoms. The summed E-state index contributed by atoms with van der Waals surface area (Å²) in [7, 11) is 0. The van der Waals surface area contributed by atoms with E-state index < -0.39 is 11.4 Å². The van der Waals surface area contributed by atoms with Gasteiger partial charge in [-0.2, -0.15) is 0 Å². The topological polar surface area (TPSA) is 126 Å². The summed E-state index contributed by atoms with van der Waals surface area (Å²) in [5, 5.41) is 0. The van der Waals surface area contributed by atoms with Crippen LogP contribution in [0.15, 0.2) is 74.9 Å². The fourth-order valence-corrected chi connectivity index (χ4v) is 3.51. The SMILES string of the molecule is CC(=O)OCCOc1ccc(-c2cc(COc3ccc(Cn4oc(=O)[nH]c4=O)cc3)ccn2)c(C)c1.Cl. The number of hydrogen-bond donors (Lipinski definition) is 1. The monoisotopic (exact) mass is 527 g/mol. The minimum Gasteiger partial charge on any atom is -0.490 e. The number of carbonyl (C=O) groups excluding carboxylic acids is 1. The van der Waals surface area contributed by atoms with E-state index in [1.807, 2.05) is 42.2 Å². The molecule has 0 amide bonds. The molecule has 0 saturated heterocycles. The van der Waals surface area contributed by atoms with E-state index in [0.29, 0.717) is 18.1 Å². The van der Waals surface area contributed by atoms with Crippen molar-refractivity contribution in [2.24, 2.45) is 0 Å². The summed E-state index contributed by atoms with van der Waals surface area (Å²) in [6, 6.07) is 16.8. The minimum atomic E-state index is -0.785. The highest BCUT2D eigenvalue weighted by Gasteiger charge is 2.08.